The maximum atomic E-state index is 12.0. The summed E-state index contributed by atoms with van der Waals surface area (Å²) in [5.41, 5.74) is 0.776. The number of anilines is 1. The highest BCUT2D eigenvalue weighted by Crippen LogP contribution is 2.22. The second-order valence-electron chi connectivity index (χ2n) is 5.30. The quantitative estimate of drug-likeness (QED) is 0.792. The van der Waals surface area contributed by atoms with Crippen LogP contribution in [0, 0.1) is 6.92 Å². The Morgan fingerprint density at radius 1 is 1.45 bits per heavy atom. The largest absolute Gasteiger partial charge is 0.358 e. The van der Waals surface area contributed by atoms with E-state index in [-0.39, 0.29) is 11.9 Å². The first-order chi connectivity index (χ1) is 9.51. The average Bonchev–Trinajstić information content (AvgIpc) is 3.19. The smallest absolute Gasteiger partial charge is 0.242 e. The molecule has 1 atom stereocenters. The molecule has 2 N–H and O–H groups in total. The molecule has 1 aromatic rings. The zero-order valence-electron chi connectivity index (χ0n) is 12.2. The summed E-state index contributed by atoms with van der Waals surface area (Å²) in [6.07, 6.45) is 3.89. The lowest BCUT2D eigenvalue weighted by Gasteiger charge is -2.17. The van der Waals surface area contributed by atoms with Crippen LogP contribution in [-0.2, 0) is 11.2 Å². The predicted octanol–water partition coefficient (Wildman–Crippen LogP) is 2.47. The Bertz CT molecular complexity index is 502. The van der Waals surface area contributed by atoms with Crippen molar-refractivity contribution in [1.82, 2.24) is 15.3 Å². The molecule has 5 nitrogen and oxygen atoms in total. The number of hydrogen-bond donors (Lipinski definition) is 2. The maximum Gasteiger partial charge on any atom is 0.242 e. The van der Waals surface area contributed by atoms with Gasteiger partial charge in [0.25, 0.3) is 0 Å². The molecule has 2 rings (SSSR count). The second-order valence-corrected chi connectivity index (χ2v) is 5.66. The second kappa shape index (κ2) is 6.39. The van der Waals surface area contributed by atoms with Crippen LogP contribution in [0.5, 0.6) is 0 Å². The minimum Gasteiger partial charge on any atom is -0.358 e. The number of carbonyl (C=O) groups is 1. The summed E-state index contributed by atoms with van der Waals surface area (Å²) in [6.45, 7) is 5.74. The van der Waals surface area contributed by atoms with Gasteiger partial charge in [0, 0.05) is 18.0 Å². The summed E-state index contributed by atoms with van der Waals surface area (Å²) in [6, 6.07) is 0.0206. The first kappa shape index (κ1) is 15.0. The van der Waals surface area contributed by atoms with E-state index in [1.54, 1.807) is 0 Å². The molecule has 20 heavy (non-hydrogen) atoms. The van der Waals surface area contributed by atoms with Gasteiger partial charge < -0.3 is 10.6 Å². The third-order valence-electron chi connectivity index (χ3n) is 3.28. The van der Waals surface area contributed by atoms with Crippen molar-refractivity contribution in [1.29, 1.82) is 0 Å². The van der Waals surface area contributed by atoms with Gasteiger partial charge in [-0.05, 0) is 33.1 Å². The van der Waals surface area contributed by atoms with Gasteiger partial charge in [-0.3, -0.25) is 4.79 Å². The molecular formula is C14H21ClN4O. The van der Waals surface area contributed by atoms with E-state index in [9.17, 15) is 4.79 Å². The molecule has 0 bridgehead atoms. The van der Waals surface area contributed by atoms with Gasteiger partial charge in [-0.25, -0.2) is 9.97 Å². The van der Waals surface area contributed by atoms with Crippen molar-refractivity contribution in [2.24, 2.45) is 0 Å². The molecule has 110 valence electrons. The molecule has 1 saturated carbocycles. The molecule has 0 aromatic carbocycles. The zero-order valence-corrected chi connectivity index (χ0v) is 12.9. The monoisotopic (exact) mass is 296 g/mol. The van der Waals surface area contributed by atoms with Gasteiger partial charge >= 0.3 is 0 Å². The molecule has 1 fully saturated rings. The van der Waals surface area contributed by atoms with Crippen molar-refractivity contribution < 1.29 is 4.79 Å². The van der Waals surface area contributed by atoms with E-state index in [4.69, 9.17) is 11.6 Å². The Hall–Kier alpha value is -1.36. The molecule has 0 spiro atoms. The van der Waals surface area contributed by atoms with Gasteiger partial charge in [0.15, 0.2) is 0 Å². The lowest BCUT2D eigenvalue weighted by molar-refractivity contribution is -0.121. The highest BCUT2D eigenvalue weighted by Gasteiger charge is 2.26. The van der Waals surface area contributed by atoms with Gasteiger partial charge in [-0.2, -0.15) is 0 Å². The highest BCUT2D eigenvalue weighted by atomic mass is 35.5. The minimum atomic E-state index is -0.338. The Morgan fingerprint density at radius 2 is 2.15 bits per heavy atom. The van der Waals surface area contributed by atoms with E-state index in [0.29, 0.717) is 22.8 Å². The molecule has 1 amide bonds. The maximum absolute atomic E-state index is 12.0. The number of amides is 1. The summed E-state index contributed by atoms with van der Waals surface area (Å²) in [7, 11) is 0. The first-order valence-corrected chi connectivity index (χ1v) is 7.49. The fourth-order valence-corrected chi connectivity index (χ4v) is 2.02. The van der Waals surface area contributed by atoms with E-state index < -0.39 is 0 Å². The number of aromatic nitrogens is 2. The summed E-state index contributed by atoms with van der Waals surface area (Å²) < 4.78 is 0. The fourth-order valence-electron chi connectivity index (χ4n) is 1.83. The van der Waals surface area contributed by atoms with Crippen LogP contribution in [-0.4, -0.2) is 28.0 Å². The SMILES string of the molecule is CCCc1nc(Cl)c(C)c(NC(C)C(=O)NC2CC2)n1. The first-order valence-electron chi connectivity index (χ1n) is 7.11. The zero-order chi connectivity index (χ0) is 14.7. The molecule has 0 saturated heterocycles. The van der Waals surface area contributed by atoms with Gasteiger partial charge in [0.2, 0.25) is 5.91 Å². The number of nitrogens with zero attached hydrogens (tertiary/aromatic N) is 2. The van der Waals surface area contributed by atoms with Crippen LogP contribution in [0.1, 0.15) is 44.5 Å². The van der Waals surface area contributed by atoms with E-state index in [0.717, 1.165) is 31.2 Å². The topological polar surface area (TPSA) is 66.9 Å². The van der Waals surface area contributed by atoms with E-state index in [1.807, 2.05) is 13.8 Å². The molecule has 6 heteroatoms. The van der Waals surface area contributed by atoms with E-state index >= 15 is 0 Å². The Labute approximate surface area is 124 Å². The standard InChI is InChI=1S/C14H21ClN4O/c1-4-5-11-18-12(15)8(2)13(19-11)16-9(3)14(20)17-10-6-7-10/h9-10H,4-7H2,1-3H3,(H,17,20)(H,16,18,19). The van der Waals surface area contributed by atoms with Crippen LogP contribution in [0.25, 0.3) is 0 Å². The van der Waals surface area contributed by atoms with E-state index in [1.165, 1.54) is 0 Å². The molecule has 1 aliphatic rings. The van der Waals surface area contributed by atoms with Crippen LogP contribution >= 0.6 is 11.6 Å². The molecule has 1 aliphatic carbocycles. The fraction of sp³-hybridized carbons (Fsp3) is 0.643. The van der Waals surface area contributed by atoms with Crippen LogP contribution in [0.4, 0.5) is 5.82 Å². The average molecular weight is 297 g/mol. The predicted molar refractivity (Wildman–Crippen MR) is 80.0 cm³/mol. The van der Waals surface area contributed by atoms with Gasteiger partial charge in [-0.15, -0.1) is 0 Å². The molecule has 1 aromatic heterocycles. The molecule has 0 aliphatic heterocycles. The number of aryl methyl sites for hydroxylation is 1. The van der Waals surface area contributed by atoms with Crippen molar-refractivity contribution in [3.05, 3.63) is 16.5 Å². The van der Waals surface area contributed by atoms with Crippen molar-refractivity contribution in [3.8, 4) is 0 Å². The Kier molecular flexibility index (Phi) is 4.81. The third kappa shape index (κ3) is 3.82. The summed E-state index contributed by atoms with van der Waals surface area (Å²) >= 11 is 6.12. The lowest BCUT2D eigenvalue weighted by Crippen LogP contribution is -2.39. The number of nitrogens with one attached hydrogen (secondary N) is 2. The van der Waals surface area contributed by atoms with Gasteiger partial charge in [-0.1, -0.05) is 18.5 Å². The van der Waals surface area contributed by atoms with Gasteiger partial charge in [0.05, 0.1) is 0 Å². The van der Waals surface area contributed by atoms with Crippen molar-refractivity contribution >= 4 is 23.3 Å². The Balaban J connectivity index is 2.08. The minimum absolute atomic E-state index is 0.00123. The lowest BCUT2D eigenvalue weighted by atomic mass is 10.2. The number of hydrogen-bond acceptors (Lipinski definition) is 4. The van der Waals surface area contributed by atoms with Crippen LogP contribution in [0.15, 0.2) is 0 Å². The summed E-state index contributed by atoms with van der Waals surface area (Å²) in [4.78, 5) is 20.7. The molecule has 0 radical (unpaired) electrons. The normalized spacial score (nSPS) is 15.8. The Morgan fingerprint density at radius 3 is 2.75 bits per heavy atom. The summed E-state index contributed by atoms with van der Waals surface area (Å²) in [5.74, 6) is 1.35. The van der Waals surface area contributed by atoms with Crippen molar-refractivity contribution in [2.45, 2.75) is 58.5 Å². The van der Waals surface area contributed by atoms with E-state index in [2.05, 4.69) is 27.5 Å². The van der Waals surface area contributed by atoms with Gasteiger partial charge in [0.1, 0.15) is 22.8 Å². The van der Waals surface area contributed by atoms with Crippen LogP contribution in [0.3, 0.4) is 0 Å². The van der Waals surface area contributed by atoms with Crippen molar-refractivity contribution in [2.75, 3.05) is 5.32 Å². The van der Waals surface area contributed by atoms with Crippen LogP contribution in [0.2, 0.25) is 5.15 Å². The third-order valence-corrected chi connectivity index (χ3v) is 3.64. The van der Waals surface area contributed by atoms with Crippen LogP contribution < -0.4 is 10.6 Å². The molecular weight excluding hydrogens is 276 g/mol. The summed E-state index contributed by atoms with van der Waals surface area (Å²) in [5, 5.41) is 6.55. The molecule has 1 heterocycles. The number of carbonyl (C=O) groups excluding carboxylic acids is 1. The highest BCUT2D eigenvalue weighted by molar-refractivity contribution is 6.30. The molecule has 1 unspecified atom stereocenters. The number of rotatable bonds is 6. The number of halogens is 1. The van der Waals surface area contributed by atoms with Crippen molar-refractivity contribution in [3.63, 3.8) is 0 Å².